The maximum absolute atomic E-state index is 10.1. The number of hydrogen-bond acceptors (Lipinski definition) is 2. The monoisotopic (exact) mass is 183 g/mol. The molecule has 2 heteroatoms. The molecule has 1 spiro atoms. The average molecular weight is 183 g/mol. The third-order valence-corrected chi connectivity index (χ3v) is 3.91. The van der Waals surface area contributed by atoms with Crippen LogP contribution in [0.1, 0.15) is 38.5 Å². The van der Waals surface area contributed by atoms with Crippen LogP contribution in [-0.4, -0.2) is 36.2 Å². The molecule has 2 aliphatic rings. The third-order valence-electron chi connectivity index (χ3n) is 3.91. The van der Waals surface area contributed by atoms with Gasteiger partial charge in [-0.05, 0) is 39.3 Å². The van der Waals surface area contributed by atoms with E-state index in [0.29, 0.717) is 0 Å². The van der Waals surface area contributed by atoms with Crippen molar-refractivity contribution in [1.29, 1.82) is 0 Å². The molecule has 1 saturated carbocycles. The molecule has 0 aromatic heterocycles. The SMILES string of the molecule is CN1CCC[C@@]2(CCCC[C@H]2O)C1. The second-order valence-corrected chi connectivity index (χ2v) is 4.97. The molecule has 2 atom stereocenters. The fraction of sp³-hybridized carbons (Fsp3) is 1.00. The minimum atomic E-state index is -0.0241. The lowest BCUT2D eigenvalue weighted by Crippen LogP contribution is -2.49. The van der Waals surface area contributed by atoms with E-state index < -0.39 is 0 Å². The third kappa shape index (κ3) is 1.75. The highest BCUT2D eigenvalue weighted by molar-refractivity contribution is 4.94. The van der Waals surface area contributed by atoms with Gasteiger partial charge in [-0.2, -0.15) is 0 Å². The van der Waals surface area contributed by atoms with Gasteiger partial charge in [0, 0.05) is 12.0 Å². The zero-order valence-corrected chi connectivity index (χ0v) is 8.63. The summed E-state index contributed by atoms with van der Waals surface area (Å²) in [6.45, 7) is 2.34. The van der Waals surface area contributed by atoms with Gasteiger partial charge >= 0.3 is 0 Å². The summed E-state index contributed by atoms with van der Waals surface area (Å²) in [5.74, 6) is 0. The van der Waals surface area contributed by atoms with Gasteiger partial charge in [-0.1, -0.05) is 12.8 Å². The topological polar surface area (TPSA) is 23.5 Å². The number of likely N-dealkylation sites (tertiary alicyclic amines) is 1. The van der Waals surface area contributed by atoms with Crippen LogP contribution in [0.2, 0.25) is 0 Å². The molecule has 1 N–H and O–H groups in total. The summed E-state index contributed by atoms with van der Waals surface area (Å²) in [4.78, 5) is 2.39. The Kier molecular flexibility index (Phi) is 2.61. The zero-order valence-electron chi connectivity index (χ0n) is 8.63. The molecule has 2 rings (SSSR count). The van der Waals surface area contributed by atoms with Crippen LogP contribution in [0.4, 0.5) is 0 Å². The van der Waals surface area contributed by atoms with E-state index >= 15 is 0 Å². The van der Waals surface area contributed by atoms with Crippen LogP contribution in [0.25, 0.3) is 0 Å². The molecule has 1 heterocycles. The van der Waals surface area contributed by atoms with Crippen LogP contribution < -0.4 is 0 Å². The van der Waals surface area contributed by atoms with E-state index in [4.69, 9.17) is 0 Å². The molecule has 2 nitrogen and oxygen atoms in total. The van der Waals surface area contributed by atoms with Crippen molar-refractivity contribution >= 4 is 0 Å². The summed E-state index contributed by atoms with van der Waals surface area (Å²) in [6.07, 6.45) is 7.33. The highest BCUT2D eigenvalue weighted by Crippen LogP contribution is 2.42. The number of hydrogen-bond donors (Lipinski definition) is 1. The summed E-state index contributed by atoms with van der Waals surface area (Å²) in [5.41, 5.74) is 0.269. The first-order chi connectivity index (χ1) is 6.23. The van der Waals surface area contributed by atoms with Crippen molar-refractivity contribution < 1.29 is 5.11 Å². The van der Waals surface area contributed by atoms with E-state index in [1.165, 1.54) is 38.6 Å². The Hall–Kier alpha value is -0.0800. The van der Waals surface area contributed by atoms with E-state index in [2.05, 4.69) is 11.9 Å². The number of rotatable bonds is 0. The maximum Gasteiger partial charge on any atom is 0.0608 e. The molecule has 1 aliphatic carbocycles. The Morgan fingerprint density at radius 3 is 2.69 bits per heavy atom. The minimum Gasteiger partial charge on any atom is -0.393 e. The molecular weight excluding hydrogens is 162 g/mol. The van der Waals surface area contributed by atoms with Crippen LogP contribution in [0, 0.1) is 5.41 Å². The predicted octanol–water partition coefficient (Wildman–Crippen LogP) is 1.63. The van der Waals surface area contributed by atoms with Gasteiger partial charge < -0.3 is 10.0 Å². The van der Waals surface area contributed by atoms with E-state index in [-0.39, 0.29) is 11.5 Å². The second-order valence-electron chi connectivity index (χ2n) is 4.97. The molecule has 0 aromatic rings. The van der Waals surface area contributed by atoms with E-state index in [9.17, 15) is 5.11 Å². The first-order valence-electron chi connectivity index (χ1n) is 5.60. The van der Waals surface area contributed by atoms with Crippen molar-refractivity contribution in [2.24, 2.45) is 5.41 Å². The summed E-state index contributed by atoms with van der Waals surface area (Å²) in [6, 6.07) is 0. The lowest BCUT2D eigenvalue weighted by atomic mass is 9.67. The van der Waals surface area contributed by atoms with Crippen molar-refractivity contribution in [3.63, 3.8) is 0 Å². The fourth-order valence-electron chi connectivity index (χ4n) is 3.16. The number of aliphatic hydroxyl groups excluding tert-OH is 1. The van der Waals surface area contributed by atoms with Crippen molar-refractivity contribution in [2.75, 3.05) is 20.1 Å². The van der Waals surface area contributed by atoms with Gasteiger partial charge in [0.15, 0.2) is 0 Å². The summed E-state index contributed by atoms with van der Waals surface area (Å²) in [5, 5.41) is 10.1. The Morgan fingerprint density at radius 2 is 2.00 bits per heavy atom. The molecule has 13 heavy (non-hydrogen) atoms. The molecular formula is C11H21NO. The quantitative estimate of drug-likeness (QED) is 0.617. The van der Waals surface area contributed by atoms with E-state index in [0.717, 1.165) is 13.0 Å². The molecule has 1 aliphatic heterocycles. The van der Waals surface area contributed by atoms with Gasteiger partial charge in [-0.25, -0.2) is 0 Å². The number of nitrogens with zero attached hydrogens (tertiary/aromatic N) is 1. The summed E-state index contributed by atoms with van der Waals surface area (Å²) >= 11 is 0. The molecule has 0 radical (unpaired) electrons. The summed E-state index contributed by atoms with van der Waals surface area (Å²) in [7, 11) is 2.18. The van der Waals surface area contributed by atoms with Gasteiger partial charge in [-0.15, -0.1) is 0 Å². The smallest absolute Gasteiger partial charge is 0.0608 e. The average Bonchev–Trinajstić information content (AvgIpc) is 2.11. The Morgan fingerprint density at radius 1 is 1.23 bits per heavy atom. The second kappa shape index (κ2) is 3.58. The first kappa shape index (κ1) is 9.47. The Labute approximate surface area is 80.9 Å². The van der Waals surface area contributed by atoms with E-state index in [1.54, 1.807) is 0 Å². The van der Waals surface area contributed by atoms with E-state index in [1.807, 2.05) is 0 Å². The van der Waals surface area contributed by atoms with Crippen molar-refractivity contribution in [2.45, 2.75) is 44.6 Å². The highest BCUT2D eigenvalue weighted by atomic mass is 16.3. The molecule has 1 saturated heterocycles. The van der Waals surface area contributed by atoms with Crippen LogP contribution in [0.5, 0.6) is 0 Å². The van der Waals surface area contributed by atoms with Crippen LogP contribution in [-0.2, 0) is 0 Å². The number of piperidine rings is 1. The van der Waals surface area contributed by atoms with Gasteiger partial charge in [0.1, 0.15) is 0 Å². The lowest BCUT2D eigenvalue weighted by Gasteiger charge is -2.47. The lowest BCUT2D eigenvalue weighted by molar-refractivity contribution is -0.0540. The fourth-order valence-corrected chi connectivity index (χ4v) is 3.16. The Bertz CT molecular complexity index is 179. The van der Waals surface area contributed by atoms with Crippen molar-refractivity contribution in [3.05, 3.63) is 0 Å². The van der Waals surface area contributed by atoms with Gasteiger partial charge in [0.05, 0.1) is 6.10 Å². The molecule has 0 unspecified atom stereocenters. The Balaban J connectivity index is 2.07. The predicted molar refractivity (Wildman–Crippen MR) is 53.6 cm³/mol. The van der Waals surface area contributed by atoms with Crippen LogP contribution in [0.3, 0.4) is 0 Å². The van der Waals surface area contributed by atoms with Gasteiger partial charge in [0.25, 0.3) is 0 Å². The largest absolute Gasteiger partial charge is 0.393 e. The van der Waals surface area contributed by atoms with Gasteiger partial charge in [-0.3, -0.25) is 0 Å². The molecule has 0 amide bonds. The molecule has 2 fully saturated rings. The highest BCUT2D eigenvalue weighted by Gasteiger charge is 2.41. The minimum absolute atomic E-state index is 0.0241. The number of aliphatic hydroxyl groups is 1. The normalized spacial score (nSPS) is 42.5. The zero-order chi connectivity index (χ0) is 9.31. The maximum atomic E-state index is 10.1. The molecule has 0 bridgehead atoms. The van der Waals surface area contributed by atoms with Crippen molar-refractivity contribution in [1.82, 2.24) is 4.90 Å². The standard InChI is InChI=1S/C11H21NO/c1-12-8-4-7-11(9-12)6-3-2-5-10(11)13/h10,13H,2-9H2,1H3/t10-,11+/m1/s1. The first-order valence-corrected chi connectivity index (χ1v) is 5.60. The van der Waals surface area contributed by atoms with Gasteiger partial charge in [0.2, 0.25) is 0 Å². The molecule has 0 aromatic carbocycles. The van der Waals surface area contributed by atoms with Crippen LogP contribution >= 0.6 is 0 Å². The summed E-state index contributed by atoms with van der Waals surface area (Å²) < 4.78 is 0. The van der Waals surface area contributed by atoms with Crippen LogP contribution in [0.15, 0.2) is 0 Å². The van der Waals surface area contributed by atoms with Crippen molar-refractivity contribution in [3.8, 4) is 0 Å². The molecule has 76 valence electrons.